The summed E-state index contributed by atoms with van der Waals surface area (Å²) < 4.78 is 6.88. The maximum atomic E-state index is 12.8. The fourth-order valence-electron chi connectivity index (χ4n) is 4.24. The Hall–Kier alpha value is -2.62. The van der Waals surface area contributed by atoms with Crippen molar-refractivity contribution in [2.24, 2.45) is 0 Å². The summed E-state index contributed by atoms with van der Waals surface area (Å²) in [7, 11) is 1.66. The average Bonchev–Trinajstić information content (AvgIpc) is 3.35. The van der Waals surface area contributed by atoms with E-state index in [1.807, 2.05) is 17.5 Å². The standard InChI is InChI=1S/C25H30N4O3S2/c1-3-12-29-24(31)20-11-15-33-23(20)27-25(29)34-17-22(30)26-16-21(28-13-5-4-6-14-28)18-7-9-19(32-2)10-8-18/h3,7-11,15,21H,1,4-6,12-14,16-17H2,2H3,(H,26,30)/t21-/m0/s1. The summed E-state index contributed by atoms with van der Waals surface area (Å²) in [5, 5.41) is 6.11. The summed E-state index contributed by atoms with van der Waals surface area (Å²) in [5.41, 5.74) is 1.07. The molecule has 4 rings (SSSR count). The van der Waals surface area contributed by atoms with Gasteiger partial charge in [-0.25, -0.2) is 4.98 Å². The third-order valence-corrected chi connectivity index (χ3v) is 7.80. The second-order valence-electron chi connectivity index (χ2n) is 8.22. The van der Waals surface area contributed by atoms with Crippen LogP contribution in [-0.2, 0) is 11.3 Å². The molecule has 1 amide bonds. The largest absolute Gasteiger partial charge is 0.497 e. The number of hydrogen-bond acceptors (Lipinski definition) is 7. The van der Waals surface area contributed by atoms with E-state index >= 15 is 0 Å². The molecular formula is C25H30N4O3S2. The van der Waals surface area contributed by atoms with Crippen molar-refractivity contribution in [2.75, 3.05) is 32.5 Å². The van der Waals surface area contributed by atoms with Gasteiger partial charge < -0.3 is 10.1 Å². The number of rotatable bonds is 10. The van der Waals surface area contributed by atoms with Gasteiger partial charge in [0.1, 0.15) is 10.6 Å². The fourth-order valence-corrected chi connectivity index (χ4v) is 5.88. The Morgan fingerprint density at radius 2 is 2.03 bits per heavy atom. The van der Waals surface area contributed by atoms with Gasteiger partial charge in [-0.15, -0.1) is 17.9 Å². The molecule has 0 aliphatic carbocycles. The number of carbonyl (C=O) groups is 1. The van der Waals surface area contributed by atoms with Crippen LogP contribution in [0.4, 0.5) is 0 Å². The normalized spacial score (nSPS) is 15.2. The Kier molecular flexibility index (Phi) is 8.42. The van der Waals surface area contributed by atoms with Gasteiger partial charge in [0.05, 0.1) is 24.3 Å². The molecule has 1 saturated heterocycles. The van der Waals surface area contributed by atoms with Crippen molar-refractivity contribution < 1.29 is 9.53 Å². The first-order valence-electron chi connectivity index (χ1n) is 11.5. The maximum Gasteiger partial charge on any atom is 0.263 e. The third kappa shape index (κ3) is 5.71. The van der Waals surface area contributed by atoms with Crippen molar-refractivity contribution in [1.82, 2.24) is 19.8 Å². The van der Waals surface area contributed by atoms with Crippen LogP contribution >= 0.6 is 23.1 Å². The predicted molar refractivity (Wildman–Crippen MR) is 139 cm³/mol. The van der Waals surface area contributed by atoms with Gasteiger partial charge in [0.15, 0.2) is 5.16 Å². The zero-order valence-corrected chi connectivity index (χ0v) is 21.0. The molecule has 1 aliphatic rings. The van der Waals surface area contributed by atoms with Gasteiger partial charge in [0.25, 0.3) is 5.56 Å². The summed E-state index contributed by atoms with van der Waals surface area (Å²) in [4.78, 5) is 33.4. The first-order valence-corrected chi connectivity index (χ1v) is 13.3. The van der Waals surface area contributed by atoms with Crippen molar-refractivity contribution in [2.45, 2.75) is 37.0 Å². The van der Waals surface area contributed by atoms with Crippen molar-refractivity contribution in [3.8, 4) is 5.75 Å². The average molecular weight is 499 g/mol. The van der Waals surface area contributed by atoms with Crippen molar-refractivity contribution in [3.63, 3.8) is 0 Å². The quantitative estimate of drug-likeness (QED) is 0.258. The van der Waals surface area contributed by atoms with Crippen molar-refractivity contribution in [3.05, 3.63) is 64.3 Å². The highest BCUT2D eigenvalue weighted by molar-refractivity contribution is 7.99. The minimum Gasteiger partial charge on any atom is -0.497 e. The number of aromatic nitrogens is 2. The van der Waals surface area contributed by atoms with E-state index in [1.54, 1.807) is 23.8 Å². The number of fused-ring (bicyclic) bond motifs is 1. The highest BCUT2D eigenvalue weighted by Crippen LogP contribution is 2.26. The molecule has 1 N–H and O–H groups in total. The van der Waals surface area contributed by atoms with Crippen LogP contribution in [0.3, 0.4) is 0 Å². The van der Waals surface area contributed by atoms with Gasteiger partial charge >= 0.3 is 0 Å². The number of thioether (sulfide) groups is 1. The molecule has 1 aliphatic heterocycles. The Labute approximate surface area is 207 Å². The lowest BCUT2D eigenvalue weighted by atomic mass is 10.0. The van der Waals surface area contributed by atoms with Crippen LogP contribution in [0, 0.1) is 0 Å². The number of thiophene rings is 1. The Balaban J connectivity index is 1.43. The molecule has 1 fully saturated rings. The molecular weight excluding hydrogens is 468 g/mol. The summed E-state index contributed by atoms with van der Waals surface area (Å²) in [6.07, 6.45) is 5.27. The maximum absolute atomic E-state index is 12.8. The Morgan fingerprint density at radius 3 is 2.74 bits per heavy atom. The molecule has 0 spiro atoms. The number of allylic oxidation sites excluding steroid dienone is 1. The number of ether oxygens (including phenoxy) is 1. The van der Waals surface area contributed by atoms with Crippen LogP contribution in [0.2, 0.25) is 0 Å². The van der Waals surface area contributed by atoms with Gasteiger partial charge in [-0.05, 0) is 55.1 Å². The van der Waals surface area contributed by atoms with Crippen LogP contribution in [0.1, 0.15) is 30.9 Å². The zero-order valence-electron chi connectivity index (χ0n) is 19.4. The second kappa shape index (κ2) is 11.7. The van der Waals surface area contributed by atoms with Gasteiger partial charge in [0, 0.05) is 13.1 Å². The lowest BCUT2D eigenvalue weighted by Crippen LogP contribution is -2.41. The number of nitrogens with zero attached hydrogens (tertiary/aromatic N) is 3. The highest BCUT2D eigenvalue weighted by atomic mass is 32.2. The smallest absolute Gasteiger partial charge is 0.263 e. The number of piperidine rings is 1. The third-order valence-electron chi connectivity index (χ3n) is 6.02. The van der Waals surface area contributed by atoms with E-state index in [1.165, 1.54) is 47.9 Å². The summed E-state index contributed by atoms with van der Waals surface area (Å²) in [5.74, 6) is 0.934. The minimum atomic E-state index is -0.0984. The SMILES string of the molecule is C=CCn1c(SCC(=O)NC[C@@H](c2ccc(OC)cc2)N2CCCCC2)nc2sccc2c1=O. The summed E-state index contributed by atoms with van der Waals surface area (Å²) >= 11 is 2.71. The minimum absolute atomic E-state index is 0.0776. The molecule has 0 unspecified atom stereocenters. The van der Waals surface area contributed by atoms with E-state index in [-0.39, 0.29) is 23.3 Å². The number of carbonyl (C=O) groups excluding carboxylic acids is 1. The van der Waals surface area contributed by atoms with Crippen LogP contribution in [-0.4, -0.2) is 52.9 Å². The second-order valence-corrected chi connectivity index (χ2v) is 10.1. The number of amides is 1. The molecule has 0 bridgehead atoms. The molecule has 2 aromatic heterocycles. The topological polar surface area (TPSA) is 76.5 Å². The molecule has 0 saturated carbocycles. The van der Waals surface area contributed by atoms with E-state index < -0.39 is 0 Å². The van der Waals surface area contributed by atoms with Crippen molar-refractivity contribution in [1.29, 1.82) is 0 Å². The molecule has 9 heteroatoms. The molecule has 0 radical (unpaired) electrons. The molecule has 3 heterocycles. The molecule has 1 aromatic carbocycles. The Bertz CT molecular complexity index is 1180. The van der Waals surface area contributed by atoms with E-state index in [9.17, 15) is 9.59 Å². The number of benzene rings is 1. The highest BCUT2D eigenvalue weighted by Gasteiger charge is 2.23. The number of hydrogen-bond donors (Lipinski definition) is 1. The number of nitrogens with one attached hydrogen (secondary N) is 1. The molecule has 34 heavy (non-hydrogen) atoms. The fraction of sp³-hybridized carbons (Fsp3) is 0.400. The lowest BCUT2D eigenvalue weighted by Gasteiger charge is -2.35. The van der Waals surface area contributed by atoms with E-state index in [0.29, 0.717) is 28.5 Å². The van der Waals surface area contributed by atoms with Crippen LogP contribution in [0.5, 0.6) is 5.75 Å². The van der Waals surface area contributed by atoms with Gasteiger partial charge in [-0.3, -0.25) is 19.1 Å². The van der Waals surface area contributed by atoms with E-state index in [4.69, 9.17) is 4.74 Å². The number of methoxy groups -OCH3 is 1. The van der Waals surface area contributed by atoms with E-state index in [2.05, 4.69) is 33.9 Å². The first-order chi connectivity index (χ1) is 16.6. The lowest BCUT2D eigenvalue weighted by molar-refractivity contribution is -0.118. The van der Waals surface area contributed by atoms with Crippen LogP contribution in [0.25, 0.3) is 10.2 Å². The zero-order chi connectivity index (χ0) is 23.9. The molecule has 180 valence electrons. The van der Waals surface area contributed by atoms with Gasteiger partial charge in [-0.1, -0.05) is 36.4 Å². The van der Waals surface area contributed by atoms with Crippen LogP contribution < -0.4 is 15.6 Å². The summed E-state index contributed by atoms with van der Waals surface area (Å²) in [6, 6.07) is 9.99. The Morgan fingerprint density at radius 1 is 1.26 bits per heavy atom. The monoisotopic (exact) mass is 498 g/mol. The number of likely N-dealkylation sites (tertiary alicyclic amines) is 1. The van der Waals surface area contributed by atoms with Gasteiger partial charge in [-0.2, -0.15) is 0 Å². The van der Waals surface area contributed by atoms with Crippen molar-refractivity contribution >= 4 is 39.2 Å². The molecule has 1 atom stereocenters. The van der Waals surface area contributed by atoms with Gasteiger partial charge in [0.2, 0.25) is 5.91 Å². The predicted octanol–water partition coefficient (Wildman–Crippen LogP) is 4.09. The molecule has 7 nitrogen and oxygen atoms in total. The first kappa shape index (κ1) is 24.5. The van der Waals surface area contributed by atoms with Crippen LogP contribution in [0.15, 0.2) is 58.3 Å². The van der Waals surface area contributed by atoms with E-state index in [0.717, 1.165) is 18.8 Å². The molecule has 3 aromatic rings. The summed E-state index contributed by atoms with van der Waals surface area (Å²) in [6.45, 7) is 6.69.